The summed E-state index contributed by atoms with van der Waals surface area (Å²) in [7, 11) is 0. The number of likely N-dealkylation sites (N-methyl/N-ethyl adjacent to an activating group) is 1. The molecule has 5 heteroatoms. The van der Waals surface area contributed by atoms with Crippen LogP contribution in [0.4, 0.5) is 11.4 Å². The van der Waals surface area contributed by atoms with Crippen LogP contribution in [0.3, 0.4) is 0 Å². The van der Waals surface area contributed by atoms with E-state index in [0.717, 1.165) is 45.6 Å². The lowest BCUT2D eigenvalue weighted by atomic mass is 10.0. The summed E-state index contributed by atoms with van der Waals surface area (Å²) in [6.45, 7) is 7.64. The first-order valence-electron chi connectivity index (χ1n) is 9.25. The van der Waals surface area contributed by atoms with Crippen LogP contribution < -0.4 is 10.2 Å². The van der Waals surface area contributed by atoms with Crippen LogP contribution in [0.5, 0.6) is 0 Å². The Labute approximate surface area is 159 Å². The Hall–Kier alpha value is -2.79. The highest BCUT2D eigenvalue weighted by molar-refractivity contribution is 5.96. The molecule has 2 N–H and O–H groups in total. The van der Waals surface area contributed by atoms with E-state index < -0.39 is 0 Å². The number of nitrogens with zero attached hydrogens (tertiary/aromatic N) is 1. The van der Waals surface area contributed by atoms with E-state index >= 15 is 0 Å². The van der Waals surface area contributed by atoms with Gasteiger partial charge in [0.2, 0.25) is 5.91 Å². The summed E-state index contributed by atoms with van der Waals surface area (Å²) in [6, 6.07) is 11.8. The molecule has 27 heavy (non-hydrogen) atoms. The van der Waals surface area contributed by atoms with Crippen molar-refractivity contribution in [1.29, 1.82) is 0 Å². The van der Waals surface area contributed by atoms with E-state index in [4.69, 9.17) is 9.52 Å². The second-order valence-electron chi connectivity index (χ2n) is 6.79. The molecule has 0 atom stereocenters. The highest BCUT2D eigenvalue weighted by atomic mass is 16.3. The van der Waals surface area contributed by atoms with Crippen molar-refractivity contribution in [3.05, 3.63) is 59.4 Å². The molecular weight excluding hydrogens is 340 g/mol. The van der Waals surface area contributed by atoms with E-state index in [1.54, 1.807) is 6.26 Å². The zero-order valence-electron chi connectivity index (χ0n) is 16.1. The minimum Gasteiger partial charge on any atom is -0.464 e. The molecule has 0 saturated carbocycles. The van der Waals surface area contributed by atoms with E-state index in [1.807, 2.05) is 51.1 Å². The zero-order chi connectivity index (χ0) is 19.4. The van der Waals surface area contributed by atoms with Crippen molar-refractivity contribution in [2.24, 2.45) is 0 Å². The van der Waals surface area contributed by atoms with Crippen molar-refractivity contribution in [2.75, 3.05) is 29.9 Å². The molecule has 0 radical (unpaired) electrons. The third-order valence-electron chi connectivity index (χ3n) is 4.71. The van der Waals surface area contributed by atoms with Gasteiger partial charge in [-0.3, -0.25) is 4.79 Å². The average Bonchev–Trinajstić information content (AvgIpc) is 3.03. The number of rotatable bonds is 7. The molecule has 0 fully saturated rings. The van der Waals surface area contributed by atoms with Gasteiger partial charge < -0.3 is 19.7 Å². The first-order chi connectivity index (χ1) is 13.0. The van der Waals surface area contributed by atoms with Gasteiger partial charge in [0.05, 0.1) is 19.3 Å². The molecule has 1 amide bonds. The number of nitrogens with one attached hydrogen (secondary N) is 1. The first kappa shape index (κ1) is 19.0. The van der Waals surface area contributed by atoms with Crippen LogP contribution in [-0.4, -0.2) is 30.7 Å². The summed E-state index contributed by atoms with van der Waals surface area (Å²) in [5.41, 5.74) is 5.77. The van der Waals surface area contributed by atoms with Gasteiger partial charge in [0.25, 0.3) is 0 Å². The topological polar surface area (TPSA) is 65.7 Å². The molecule has 3 aromatic rings. The summed E-state index contributed by atoms with van der Waals surface area (Å²) in [5, 5.41) is 13.1. The van der Waals surface area contributed by atoms with Crippen molar-refractivity contribution in [3.8, 4) is 0 Å². The van der Waals surface area contributed by atoms with Gasteiger partial charge in [0.1, 0.15) is 5.58 Å². The molecule has 0 aliphatic heterocycles. The van der Waals surface area contributed by atoms with Crippen LogP contribution in [0.25, 0.3) is 11.0 Å². The lowest BCUT2D eigenvalue weighted by Crippen LogP contribution is -2.26. The molecule has 0 aliphatic carbocycles. The Balaban J connectivity index is 1.69. The Kier molecular flexibility index (Phi) is 5.81. The van der Waals surface area contributed by atoms with Crippen LogP contribution in [0, 0.1) is 13.8 Å². The Morgan fingerprint density at radius 3 is 2.59 bits per heavy atom. The monoisotopic (exact) mass is 366 g/mol. The van der Waals surface area contributed by atoms with Crippen molar-refractivity contribution in [3.63, 3.8) is 0 Å². The Morgan fingerprint density at radius 2 is 1.93 bits per heavy atom. The number of aryl methyl sites for hydroxylation is 2. The van der Waals surface area contributed by atoms with Gasteiger partial charge in [0, 0.05) is 35.4 Å². The molecule has 0 saturated heterocycles. The number of hydrogen-bond acceptors (Lipinski definition) is 4. The van der Waals surface area contributed by atoms with Crippen LogP contribution >= 0.6 is 0 Å². The zero-order valence-corrected chi connectivity index (χ0v) is 16.1. The number of carbonyl (C=O) groups is 1. The van der Waals surface area contributed by atoms with Gasteiger partial charge in [0.15, 0.2) is 0 Å². The summed E-state index contributed by atoms with van der Waals surface area (Å²) in [6.07, 6.45) is 1.94. The lowest BCUT2D eigenvalue weighted by molar-refractivity contribution is -0.115. The molecule has 3 rings (SSSR count). The summed E-state index contributed by atoms with van der Waals surface area (Å²) >= 11 is 0. The minimum absolute atomic E-state index is 0.0758. The quantitative estimate of drug-likeness (QED) is 0.662. The number of fused-ring (bicyclic) bond motifs is 1. The van der Waals surface area contributed by atoms with E-state index in [2.05, 4.69) is 16.3 Å². The standard InChI is InChI=1S/C22H26N2O3/c1-4-24(9-10-25)19-7-5-18(6-8-19)23-21(26)13-17-14-27-20-12-15(2)11-16(3)22(17)20/h5-8,11-12,14,25H,4,9-10,13H2,1-3H3,(H,23,26). The van der Waals surface area contributed by atoms with Crippen LogP contribution in [0.1, 0.15) is 23.6 Å². The van der Waals surface area contributed by atoms with Gasteiger partial charge in [-0.2, -0.15) is 0 Å². The molecule has 142 valence electrons. The largest absolute Gasteiger partial charge is 0.464 e. The fraction of sp³-hybridized carbons (Fsp3) is 0.318. The first-order valence-corrected chi connectivity index (χ1v) is 9.25. The second kappa shape index (κ2) is 8.27. The van der Waals surface area contributed by atoms with Gasteiger partial charge in [-0.1, -0.05) is 6.07 Å². The number of amides is 1. The predicted octanol–water partition coefficient (Wildman–Crippen LogP) is 4.05. The SMILES string of the molecule is CCN(CCO)c1ccc(NC(=O)Cc2coc3cc(C)cc(C)c23)cc1. The number of benzene rings is 2. The molecule has 0 bridgehead atoms. The minimum atomic E-state index is -0.0758. The van der Waals surface area contributed by atoms with Crippen molar-refractivity contribution < 1.29 is 14.3 Å². The molecule has 0 unspecified atom stereocenters. The highest BCUT2D eigenvalue weighted by Crippen LogP contribution is 2.27. The molecule has 0 aliphatic rings. The molecular formula is C22H26N2O3. The summed E-state index contributed by atoms with van der Waals surface area (Å²) in [5.74, 6) is -0.0758. The Bertz CT molecular complexity index is 929. The summed E-state index contributed by atoms with van der Waals surface area (Å²) in [4.78, 5) is 14.6. The van der Waals surface area contributed by atoms with Crippen LogP contribution in [-0.2, 0) is 11.2 Å². The smallest absolute Gasteiger partial charge is 0.228 e. The van der Waals surface area contributed by atoms with E-state index in [0.29, 0.717) is 6.54 Å². The number of aliphatic hydroxyl groups is 1. The van der Waals surface area contributed by atoms with E-state index in [9.17, 15) is 4.79 Å². The average molecular weight is 366 g/mol. The number of carbonyl (C=O) groups excluding carboxylic acids is 1. The lowest BCUT2D eigenvalue weighted by Gasteiger charge is -2.22. The van der Waals surface area contributed by atoms with Crippen molar-refractivity contribution in [2.45, 2.75) is 27.2 Å². The number of hydrogen-bond donors (Lipinski definition) is 2. The van der Waals surface area contributed by atoms with Crippen LogP contribution in [0.2, 0.25) is 0 Å². The third kappa shape index (κ3) is 4.31. The third-order valence-corrected chi connectivity index (χ3v) is 4.71. The van der Waals surface area contributed by atoms with E-state index in [1.165, 1.54) is 0 Å². The Morgan fingerprint density at radius 1 is 1.19 bits per heavy atom. The fourth-order valence-corrected chi connectivity index (χ4v) is 3.48. The van der Waals surface area contributed by atoms with Crippen molar-refractivity contribution in [1.82, 2.24) is 0 Å². The molecule has 1 aromatic heterocycles. The molecule has 0 spiro atoms. The van der Waals surface area contributed by atoms with Gasteiger partial charge in [-0.25, -0.2) is 0 Å². The van der Waals surface area contributed by atoms with Gasteiger partial charge in [-0.05, 0) is 62.2 Å². The molecule has 5 nitrogen and oxygen atoms in total. The second-order valence-corrected chi connectivity index (χ2v) is 6.79. The fourth-order valence-electron chi connectivity index (χ4n) is 3.48. The van der Waals surface area contributed by atoms with Gasteiger partial charge in [-0.15, -0.1) is 0 Å². The number of furan rings is 1. The molecule has 2 aromatic carbocycles. The maximum atomic E-state index is 12.5. The number of anilines is 2. The number of aliphatic hydroxyl groups excluding tert-OH is 1. The van der Waals surface area contributed by atoms with E-state index in [-0.39, 0.29) is 18.9 Å². The summed E-state index contributed by atoms with van der Waals surface area (Å²) < 4.78 is 5.63. The molecule has 1 heterocycles. The maximum Gasteiger partial charge on any atom is 0.228 e. The normalized spacial score (nSPS) is 11.0. The highest BCUT2D eigenvalue weighted by Gasteiger charge is 2.13. The maximum absolute atomic E-state index is 12.5. The van der Waals surface area contributed by atoms with Gasteiger partial charge >= 0.3 is 0 Å². The predicted molar refractivity (Wildman–Crippen MR) is 109 cm³/mol. The van der Waals surface area contributed by atoms with Crippen LogP contribution in [0.15, 0.2) is 47.1 Å². The van der Waals surface area contributed by atoms with Crippen molar-refractivity contribution >= 4 is 28.3 Å².